The molecule has 0 spiro atoms. The summed E-state index contributed by atoms with van der Waals surface area (Å²) < 4.78 is 0. The van der Waals surface area contributed by atoms with Crippen LogP contribution in [0, 0.1) is 0 Å². The van der Waals surface area contributed by atoms with Crippen molar-refractivity contribution in [3.05, 3.63) is 22.8 Å². The number of nitrogens with zero attached hydrogens (tertiary/aromatic N) is 1. The molecule has 6 heteroatoms. The van der Waals surface area contributed by atoms with Gasteiger partial charge in [-0.15, -0.1) is 0 Å². The fourth-order valence-electron chi connectivity index (χ4n) is 1.79. The van der Waals surface area contributed by atoms with Crippen LogP contribution in [-0.2, 0) is 0 Å². The van der Waals surface area contributed by atoms with Crippen molar-refractivity contribution in [1.29, 1.82) is 0 Å². The number of amides is 1. The minimum Gasteiger partial charge on any atom is -0.370 e. The normalized spacial score (nSPS) is 10.4. The zero-order valence-electron chi connectivity index (χ0n) is 12.7. The van der Waals surface area contributed by atoms with Gasteiger partial charge in [-0.1, -0.05) is 24.9 Å². The lowest BCUT2D eigenvalue weighted by Gasteiger charge is -2.09. The zero-order chi connectivity index (χ0) is 15.5. The van der Waals surface area contributed by atoms with Crippen molar-refractivity contribution in [3.63, 3.8) is 0 Å². The van der Waals surface area contributed by atoms with Gasteiger partial charge < -0.3 is 10.6 Å². The van der Waals surface area contributed by atoms with Crippen LogP contribution in [0.3, 0.4) is 0 Å². The van der Waals surface area contributed by atoms with E-state index in [9.17, 15) is 4.79 Å². The lowest BCUT2D eigenvalue weighted by Crippen LogP contribution is -2.26. The smallest absolute Gasteiger partial charge is 0.271 e. The molecule has 1 heterocycles. The second-order valence-electron chi connectivity index (χ2n) is 4.76. The van der Waals surface area contributed by atoms with Gasteiger partial charge in [-0.25, -0.2) is 4.98 Å². The standard InChI is InChI=1S/C15H24ClN3OS/c1-3-9-17-13-8-7-12(16)14(19-13)15(20)18-10-5-4-6-11-21-2/h7-8H,3-6,9-11H2,1-2H3,(H,17,19)(H,18,20). The Morgan fingerprint density at radius 3 is 2.81 bits per heavy atom. The van der Waals surface area contributed by atoms with Crippen LogP contribution in [0.4, 0.5) is 5.82 Å². The highest BCUT2D eigenvalue weighted by molar-refractivity contribution is 7.98. The van der Waals surface area contributed by atoms with E-state index in [2.05, 4.69) is 28.8 Å². The minimum absolute atomic E-state index is 0.204. The SMILES string of the molecule is CCCNc1ccc(Cl)c(C(=O)NCCCCCSC)n1. The summed E-state index contributed by atoms with van der Waals surface area (Å²) in [5.74, 6) is 1.66. The lowest BCUT2D eigenvalue weighted by atomic mass is 10.2. The summed E-state index contributed by atoms with van der Waals surface area (Å²) in [5, 5.41) is 6.42. The number of unbranched alkanes of at least 4 members (excludes halogenated alkanes) is 2. The van der Waals surface area contributed by atoms with E-state index >= 15 is 0 Å². The van der Waals surface area contributed by atoms with Gasteiger partial charge in [-0.2, -0.15) is 11.8 Å². The quantitative estimate of drug-likeness (QED) is 0.641. The van der Waals surface area contributed by atoms with Crippen molar-refractivity contribution in [1.82, 2.24) is 10.3 Å². The number of aromatic nitrogens is 1. The molecule has 0 radical (unpaired) electrons. The second kappa shape index (κ2) is 10.7. The molecule has 1 aromatic heterocycles. The average molecular weight is 330 g/mol. The molecule has 0 unspecified atom stereocenters. The molecule has 0 aliphatic heterocycles. The Morgan fingerprint density at radius 2 is 2.10 bits per heavy atom. The number of rotatable bonds is 10. The fourth-order valence-corrected chi connectivity index (χ4v) is 2.47. The predicted molar refractivity (Wildman–Crippen MR) is 92.6 cm³/mol. The Labute approximate surface area is 136 Å². The first-order valence-electron chi connectivity index (χ1n) is 7.36. The molecule has 0 fully saturated rings. The van der Waals surface area contributed by atoms with Crippen LogP contribution in [0.15, 0.2) is 12.1 Å². The molecular formula is C15H24ClN3OS. The molecule has 0 saturated heterocycles. The monoisotopic (exact) mass is 329 g/mol. The zero-order valence-corrected chi connectivity index (χ0v) is 14.3. The molecule has 1 rings (SSSR count). The first-order chi connectivity index (χ1) is 10.2. The third-order valence-corrected chi connectivity index (χ3v) is 3.93. The lowest BCUT2D eigenvalue weighted by molar-refractivity contribution is 0.0948. The Morgan fingerprint density at radius 1 is 1.29 bits per heavy atom. The maximum Gasteiger partial charge on any atom is 0.271 e. The van der Waals surface area contributed by atoms with Crippen LogP contribution in [0.5, 0.6) is 0 Å². The Balaban J connectivity index is 2.45. The molecule has 0 atom stereocenters. The molecule has 1 aromatic rings. The molecule has 1 amide bonds. The number of nitrogens with one attached hydrogen (secondary N) is 2. The molecule has 0 saturated carbocycles. The number of carbonyl (C=O) groups excluding carboxylic acids is 1. The predicted octanol–water partition coefficient (Wildman–Crippen LogP) is 3.82. The van der Waals surface area contributed by atoms with Crippen LogP contribution in [0.1, 0.15) is 43.1 Å². The molecule has 2 N–H and O–H groups in total. The molecule has 0 bridgehead atoms. The van der Waals surface area contributed by atoms with Gasteiger partial charge in [0.05, 0.1) is 5.02 Å². The first-order valence-corrected chi connectivity index (χ1v) is 9.13. The molecule has 0 aliphatic rings. The highest BCUT2D eigenvalue weighted by atomic mass is 35.5. The second-order valence-corrected chi connectivity index (χ2v) is 6.16. The van der Waals surface area contributed by atoms with Crippen molar-refractivity contribution in [3.8, 4) is 0 Å². The third-order valence-electron chi connectivity index (χ3n) is 2.93. The first kappa shape index (κ1) is 18.1. The number of anilines is 1. The number of halogens is 1. The van der Waals surface area contributed by atoms with Crippen molar-refractivity contribution in [2.24, 2.45) is 0 Å². The van der Waals surface area contributed by atoms with E-state index in [1.165, 1.54) is 12.2 Å². The summed E-state index contributed by atoms with van der Waals surface area (Å²) >= 11 is 7.90. The van der Waals surface area contributed by atoms with Crippen molar-refractivity contribution >= 4 is 35.1 Å². The highest BCUT2D eigenvalue weighted by Crippen LogP contribution is 2.16. The van der Waals surface area contributed by atoms with Gasteiger partial charge in [0.1, 0.15) is 11.5 Å². The van der Waals surface area contributed by atoms with Gasteiger partial charge in [0.15, 0.2) is 0 Å². The van der Waals surface area contributed by atoms with Gasteiger partial charge in [0.25, 0.3) is 5.91 Å². The van der Waals surface area contributed by atoms with Gasteiger partial charge in [-0.05, 0) is 43.4 Å². The molecular weight excluding hydrogens is 306 g/mol. The minimum atomic E-state index is -0.204. The van der Waals surface area contributed by atoms with E-state index in [4.69, 9.17) is 11.6 Å². The van der Waals surface area contributed by atoms with Crippen LogP contribution in [0.25, 0.3) is 0 Å². The fraction of sp³-hybridized carbons (Fsp3) is 0.600. The summed E-state index contributed by atoms with van der Waals surface area (Å²) in [6, 6.07) is 3.50. The molecule has 4 nitrogen and oxygen atoms in total. The summed E-state index contributed by atoms with van der Waals surface area (Å²) in [4.78, 5) is 16.4. The summed E-state index contributed by atoms with van der Waals surface area (Å²) in [6.45, 7) is 3.57. The van der Waals surface area contributed by atoms with E-state index in [1.54, 1.807) is 12.1 Å². The molecule has 0 aromatic carbocycles. The van der Waals surface area contributed by atoms with E-state index in [1.807, 2.05) is 11.8 Å². The average Bonchev–Trinajstić information content (AvgIpc) is 2.49. The van der Waals surface area contributed by atoms with E-state index in [0.717, 1.165) is 25.8 Å². The third kappa shape index (κ3) is 7.05. The number of carbonyl (C=O) groups is 1. The Bertz CT molecular complexity index is 443. The Kier molecular flexibility index (Phi) is 9.26. The van der Waals surface area contributed by atoms with E-state index < -0.39 is 0 Å². The van der Waals surface area contributed by atoms with Crippen molar-refractivity contribution in [2.75, 3.05) is 30.4 Å². The van der Waals surface area contributed by atoms with Crippen LogP contribution >= 0.6 is 23.4 Å². The summed E-state index contributed by atoms with van der Waals surface area (Å²) in [6.07, 6.45) is 6.40. The van der Waals surface area contributed by atoms with E-state index in [0.29, 0.717) is 23.1 Å². The van der Waals surface area contributed by atoms with Crippen LogP contribution in [-0.4, -0.2) is 36.0 Å². The van der Waals surface area contributed by atoms with Gasteiger partial charge in [0.2, 0.25) is 0 Å². The molecule has 21 heavy (non-hydrogen) atoms. The van der Waals surface area contributed by atoms with Gasteiger partial charge >= 0.3 is 0 Å². The highest BCUT2D eigenvalue weighted by Gasteiger charge is 2.12. The molecule has 118 valence electrons. The number of pyridine rings is 1. The van der Waals surface area contributed by atoms with Gasteiger partial charge in [-0.3, -0.25) is 4.79 Å². The number of hydrogen-bond acceptors (Lipinski definition) is 4. The van der Waals surface area contributed by atoms with Crippen molar-refractivity contribution in [2.45, 2.75) is 32.6 Å². The maximum atomic E-state index is 12.1. The van der Waals surface area contributed by atoms with Crippen LogP contribution in [0.2, 0.25) is 5.02 Å². The van der Waals surface area contributed by atoms with Crippen molar-refractivity contribution < 1.29 is 4.79 Å². The number of thioether (sulfide) groups is 1. The van der Waals surface area contributed by atoms with Gasteiger partial charge in [0, 0.05) is 13.1 Å². The Hall–Kier alpha value is -0.940. The van der Waals surface area contributed by atoms with Crippen LogP contribution < -0.4 is 10.6 Å². The summed E-state index contributed by atoms with van der Waals surface area (Å²) in [7, 11) is 0. The molecule has 0 aliphatic carbocycles. The summed E-state index contributed by atoms with van der Waals surface area (Å²) in [5.41, 5.74) is 0.293. The maximum absolute atomic E-state index is 12.1. The topological polar surface area (TPSA) is 54.0 Å². The largest absolute Gasteiger partial charge is 0.370 e. The van der Waals surface area contributed by atoms with E-state index in [-0.39, 0.29) is 5.91 Å². The number of hydrogen-bond donors (Lipinski definition) is 2.